The normalized spacial score (nSPS) is 14.1. The summed E-state index contributed by atoms with van der Waals surface area (Å²) in [5.41, 5.74) is 7.13. The number of nitrogens with one attached hydrogen (secondary N) is 2. The zero-order valence-electron chi connectivity index (χ0n) is 15.4. The van der Waals surface area contributed by atoms with Crippen LogP contribution in [0.25, 0.3) is 10.2 Å². The summed E-state index contributed by atoms with van der Waals surface area (Å²) in [4.78, 5) is 22.5. The van der Waals surface area contributed by atoms with Crippen molar-refractivity contribution in [2.45, 2.75) is 39.5 Å². The third-order valence-corrected chi connectivity index (χ3v) is 5.90. The fourth-order valence-corrected chi connectivity index (χ4v) is 4.60. The summed E-state index contributed by atoms with van der Waals surface area (Å²) in [5, 5.41) is 8.41. The molecule has 27 heavy (non-hydrogen) atoms. The highest BCUT2D eigenvalue weighted by Gasteiger charge is 2.19. The van der Waals surface area contributed by atoms with Gasteiger partial charge in [0.2, 0.25) is 5.91 Å². The van der Waals surface area contributed by atoms with Crippen LogP contribution in [0.4, 0.5) is 11.5 Å². The molecule has 0 atom stereocenters. The summed E-state index contributed by atoms with van der Waals surface area (Å²) < 4.78 is 0. The molecule has 1 amide bonds. The van der Waals surface area contributed by atoms with E-state index < -0.39 is 0 Å². The molecule has 1 aliphatic carbocycles. The fraction of sp³-hybridized carbons (Fsp3) is 0.300. The standard InChI is InChI=1S/C20H21N5OS/c1-12(14-7-9-15(10-8-14)23-13(2)26)24-25-19-18-16-5-3-4-6-17(16)27-20(18)22-11-21-19/h7-11H,3-6H2,1-2H3,(H,23,26)(H,21,22,25). The molecule has 0 radical (unpaired) electrons. The van der Waals surface area contributed by atoms with Gasteiger partial charge in [0.15, 0.2) is 5.82 Å². The van der Waals surface area contributed by atoms with Gasteiger partial charge in [0, 0.05) is 17.5 Å². The largest absolute Gasteiger partial charge is 0.326 e. The number of carbonyl (C=O) groups is 1. The van der Waals surface area contributed by atoms with Gasteiger partial charge in [-0.05, 0) is 55.9 Å². The number of rotatable bonds is 4. The van der Waals surface area contributed by atoms with Crippen LogP contribution in [0, 0.1) is 0 Å². The number of aryl methyl sites for hydroxylation is 2. The van der Waals surface area contributed by atoms with Gasteiger partial charge in [-0.3, -0.25) is 10.2 Å². The van der Waals surface area contributed by atoms with Gasteiger partial charge >= 0.3 is 0 Å². The molecule has 2 N–H and O–H groups in total. The van der Waals surface area contributed by atoms with Crippen molar-refractivity contribution < 1.29 is 4.79 Å². The highest BCUT2D eigenvalue weighted by molar-refractivity contribution is 7.19. The minimum absolute atomic E-state index is 0.0818. The summed E-state index contributed by atoms with van der Waals surface area (Å²) in [6.45, 7) is 3.44. The Kier molecular flexibility index (Phi) is 4.85. The van der Waals surface area contributed by atoms with E-state index >= 15 is 0 Å². The number of hydrogen-bond acceptors (Lipinski definition) is 6. The Morgan fingerprint density at radius 1 is 1.11 bits per heavy atom. The topological polar surface area (TPSA) is 79.3 Å². The molecule has 2 heterocycles. The summed E-state index contributed by atoms with van der Waals surface area (Å²) in [6, 6.07) is 7.61. The lowest BCUT2D eigenvalue weighted by Crippen LogP contribution is -2.06. The van der Waals surface area contributed by atoms with E-state index in [4.69, 9.17) is 0 Å². The molecule has 6 nitrogen and oxygen atoms in total. The van der Waals surface area contributed by atoms with Crippen molar-refractivity contribution in [1.82, 2.24) is 9.97 Å². The van der Waals surface area contributed by atoms with E-state index in [0.29, 0.717) is 0 Å². The van der Waals surface area contributed by atoms with Gasteiger partial charge in [0.1, 0.15) is 11.2 Å². The first-order chi connectivity index (χ1) is 13.1. The summed E-state index contributed by atoms with van der Waals surface area (Å²) in [6.07, 6.45) is 6.29. The fourth-order valence-electron chi connectivity index (χ4n) is 3.37. The highest BCUT2D eigenvalue weighted by atomic mass is 32.1. The average Bonchev–Trinajstić information content (AvgIpc) is 3.05. The van der Waals surface area contributed by atoms with Crippen molar-refractivity contribution in [3.05, 3.63) is 46.6 Å². The molecule has 7 heteroatoms. The van der Waals surface area contributed by atoms with Crippen LogP contribution >= 0.6 is 11.3 Å². The second-order valence-electron chi connectivity index (χ2n) is 6.68. The lowest BCUT2D eigenvalue weighted by Gasteiger charge is -2.11. The molecule has 1 aromatic carbocycles. The van der Waals surface area contributed by atoms with E-state index in [1.165, 1.54) is 30.2 Å². The van der Waals surface area contributed by atoms with Gasteiger partial charge in [0.25, 0.3) is 0 Å². The minimum atomic E-state index is -0.0818. The van der Waals surface area contributed by atoms with Crippen molar-refractivity contribution in [2.24, 2.45) is 5.10 Å². The lowest BCUT2D eigenvalue weighted by atomic mass is 9.97. The molecule has 0 spiro atoms. The molecule has 3 aromatic rings. The van der Waals surface area contributed by atoms with Crippen LogP contribution in [0.2, 0.25) is 0 Å². The maximum atomic E-state index is 11.1. The lowest BCUT2D eigenvalue weighted by molar-refractivity contribution is -0.114. The molecule has 4 rings (SSSR count). The Balaban J connectivity index is 1.59. The van der Waals surface area contributed by atoms with E-state index in [0.717, 1.165) is 45.8 Å². The SMILES string of the molecule is CC(=O)Nc1ccc(C(C)=NNc2ncnc3sc4c(c23)CCCC4)cc1. The minimum Gasteiger partial charge on any atom is -0.326 e. The van der Waals surface area contributed by atoms with E-state index in [-0.39, 0.29) is 5.91 Å². The first-order valence-corrected chi connectivity index (χ1v) is 9.87. The van der Waals surface area contributed by atoms with Crippen molar-refractivity contribution in [3.8, 4) is 0 Å². The first kappa shape index (κ1) is 17.6. The van der Waals surface area contributed by atoms with Crippen molar-refractivity contribution in [1.29, 1.82) is 0 Å². The maximum Gasteiger partial charge on any atom is 0.221 e. The maximum absolute atomic E-state index is 11.1. The van der Waals surface area contributed by atoms with Crippen LogP contribution < -0.4 is 10.7 Å². The summed E-state index contributed by atoms with van der Waals surface area (Å²) in [5.74, 6) is 0.690. The molecular weight excluding hydrogens is 358 g/mol. The number of carbonyl (C=O) groups excluding carboxylic acids is 1. The quantitative estimate of drug-likeness (QED) is 0.521. The van der Waals surface area contributed by atoms with Crippen LogP contribution in [-0.2, 0) is 17.6 Å². The zero-order chi connectivity index (χ0) is 18.8. The Morgan fingerprint density at radius 2 is 1.89 bits per heavy atom. The van der Waals surface area contributed by atoms with Gasteiger partial charge in [-0.1, -0.05) is 12.1 Å². The number of thiophene rings is 1. The molecule has 0 unspecified atom stereocenters. The Morgan fingerprint density at radius 3 is 2.67 bits per heavy atom. The van der Waals surface area contributed by atoms with Gasteiger partial charge in [-0.25, -0.2) is 9.97 Å². The molecule has 138 valence electrons. The van der Waals surface area contributed by atoms with Crippen molar-refractivity contribution in [3.63, 3.8) is 0 Å². The third-order valence-electron chi connectivity index (χ3n) is 4.70. The first-order valence-electron chi connectivity index (χ1n) is 9.05. The van der Waals surface area contributed by atoms with Crippen LogP contribution in [0.3, 0.4) is 0 Å². The molecule has 0 bridgehead atoms. The van der Waals surface area contributed by atoms with Gasteiger partial charge in [-0.2, -0.15) is 5.10 Å². The summed E-state index contributed by atoms with van der Waals surface area (Å²) >= 11 is 1.78. The van der Waals surface area contributed by atoms with Crippen molar-refractivity contribution >= 4 is 44.7 Å². The number of anilines is 2. The second kappa shape index (κ2) is 7.44. The molecule has 0 saturated carbocycles. The van der Waals surface area contributed by atoms with Crippen LogP contribution in [0.5, 0.6) is 0 Å². The highest BCUT2D eigenvalue weighted by Crippen LogP contribution is 2.38. The monoisotopic (exact) mass is 379 g/mol. The third kappa shape index (κ3) is 3.68. The van der Waals surface area contributed by atoms with Gasteiger partial charge < -0.3 is 5.32 Å². The smallest absolute Gasteiger partial charge is 0.221 e. The zero-order valence-corrected chi connectivity index (χ0v) is 16.2. The molecule has 0 fully saturated rings. The molecule has 0 saturated heterocycles. The Bertz CT molecular complexity index is 1020. The van der Waals surface area contributed by atoms with Gasteiger partial charge in [-0.15, -0.1) is 11.3 Å². The predicted molar refractivity (Wildman–Crippen MR) is 111 cm³/mol. The Labute approximate surface area is 161 Å². The van der Waals surface area contributed by atoms with Crippen LogP contribution in [-0.4, -0.2) is 21.6 Å². The van der Waals surface area contributed by atoms with Crippen molar-refractivity contribution in [2.75, 3.05) is 10.7 Å². The van der Waals surface area contributed by atoms with Gasteiger partial charge in [0.05, 0.1) is 11.1 Å². The number of nitrogens with zero attached hydrogens (tertiary/aromatic N) is 3. The predicted octanol–water partition coefficient (Wildman–Crippen LogP) is 4.36. The number of aromatic nitrogens is 2. The molecular formula is C20H21N5OS. The number of benzene rings is 1. The summed E-state index contributed by atoms with van der Waals surface area (Å²) in [7, 11) is 0. The second-order valence-corrected chi connectivity index (χ2v) is 7.76. The van der Waals surface area contributed by atoms with E-state index in [9.17, 15) is 4.79 Å². The number of hydrogen-bond donors (Lipinski definition) is 2. The molecule has 1 aliphatic rings. The number of fused-ring (bicyclic) bond motifs is 3. The van der Waals surface area contributed by atoms with E-state index in [1.807, 2.05) is 31.2 Å². The van der Waals surface area contributed by atoms with Crippen LogP contribution in [0.15, 0.2) is 35.7 Å². The van der Waals surface area contributed by atoms with E-state index in [2.05, 4.69) is 25.8 Å². The Hall–Kier alpha value is -2.80. The van der Waals surface area contributed by atoms with Crippen LogP contribution in [0.1, 0.15) is 42.7 Å². The number of hydrazone groups is 1. The molecule has 0 aliphatic heterocycles. The molecule has 2 aromatic heterocycles. The average molecular weight is 379 g/mol. The van der Waals surface area contributed by atoms with E-state index in [1.54, 1.807) is 17.7 Å². The number of amides is 1.